The van der Waals surface area contributed by atoms with Crippen molar-refractivity contribution >= 4 is 11.9 Å². The Morgan fingerprint density at radius 1 is 1.30 bits per heavy atom. The van der Waals surface area contributed by atoms with Gasteiger partial charge in [0.1, 0.15) is 5.75 Å². The van der Waals surface area contributed by atoms with Crippen molar-refractivity contribution in [2.24, 2.45) is 4.99 Å². The van der Waals surface area contributed by atoms with E-state index in [0.29, 0.717) is 13.0 Å². The standard InChI is InChI=1S/C17H28N4O2/c1-13(2)20-16(22)10-11-19-17(18-3)21(4)12-14-6-8-15(23-5)9-7-14/h6-9,13H,10-12H2,1-5H3,(H,18,19)(H,20,22). The number of nitrogens with one attached hydrogen (secondary N) is 2. The summed E-state index contributed by atoms with van der Waals surface area (Å²) < 4.78 is 5.16. The van der Waals surface area contributed by atoms with E-state index in [0.717, 1.165) is 23.8 Å². The molecule has 0 heterocycles. The number of ether oxygens (including phenoxy) is 1. The van der Waals surface area contributed by atoms with Gasteiger partial charge in [-0.15, -0.1) is 0 Å². The van der Waals surface area contributed by atoms with E-state index in [1.54, 1.807) is 14.2 Å². The summed E-state index contributed by atoms with van der Waals surface area (Å²) in [7, 11) is 5.36. The van der Waals surface area contributed by atoms with E-state index in [4.69, 9.17) is 4.74 Å². The number of rotatable bonds is 7. The predicted octanol–water partition coefficient (Wildman–Crippen LogP) is 1.62. The third-order valence-electron chi connectivity index (χ3n) is 3.24. The van der Waals surface area contributed by atoms with Crippen molar-refractivity contribution in [3.8, 4) is 5.75 Å². The van der Waals surface area contributed by atoms with Crippen molar-refractivity contribution in [1.82, 2.24) is 15.5 Å². The van der Waals surface area contributed by atoms with Crippen LogP contribution >= 0.6 is 0 Å². The van der Waals surface area contributed by atoms with E-state index in [1.807, 2.05) is 50.1 Å². The van der Waals surface area contributed by atoms with E-state index in [1.165, 1.54) is 0 Å². The lowest BCUT2D eigenvalue weighted by Crippen LogP contribution is -2.40. The molecule has 0 atom stereocenters. The number of carbonyl (C=O) groups is 1. The highest BCUT2D eigenvalue weighted by Gasteiger charge is 2.08. The molecule has 0 aliphatic carbocycles. The quantitative estimate of drug-likeness (QED) is 0.592. The maximum absolute atomic E-state index is 11.6. The Balaban J connectivity index is 2.45. The van der Waals surface area contributed by atoms with Crippen LogP contribution in [0, 0.1) is 0 Å². The molecule has 0 fully saturated rings. The zero-order valence-corrected chi connectivity index (χ0v) is 14.7. The van der Waals surface area contributed by atoms with Crippen LogP contribution in [0.25, 0.3) is 0 Å². The second kappa shape index (κ2) is 9.71. The molecule has 6 nitrogen and oxygen atoms in total. The lowest BCUT2D eigenvalue weighted by Gasteiger charge is -2.22. The largest absolute Gasteiger partial charge is 0.497 e. The van der Waals surface area contributed by atoms with Gasteiger partial charge in [-0.05, 0) is 31.5 Å². The lowest BCUT2D eigenvalue weighted by molar-refractivity contribution is -0.121. The summed E-state index contributed by atoms with van der Waals surface area (Å²) in [5, 5.41) is 6.08. The van der Waals surface area contributed by atoms with Crippen molar-refractivity contribution in [3.63, 3.8) is 0 Å². The molecule has 0 saturated carbocycles. The molecule has 2 N–H and O–H groups in total. The Hall–Kier alpha value is -2.24. The fourth-order valence-corrected chi connectivity index (χ4v) is 2.15. The molecule has 23 heavy (non-hydrogen) atoms. The maximum Gasteiger partial charge on any atom is 0.221 e. The Morgan fingerprint density at radius 3 is 2.48 bits per heavy atom. The summed E-state index contributed by atoms with van der Waals surface area (Å²) >= 11 is 0. The number of aliphatic imine (C=N–C) groups is 1. The highest BCUT2D eigenvalue weighted by Crippen LogP contribution is 2.12. The van der Waals surface area contributed by atoms with Gasteiger partial charge in [0, 0.05) is 39.6 Å². The van der Waals surface area contributed by atoms with Crippen LogP contribution in [0.15, 0.2) is 29.3 Å². The van der Waals surface area contributed by atoms with Crippen molar-refractivity contribution in [1.29, 1.82) is 0 Å². The van der Waals surface area contributed by atoms with E-state index in [9.17, 15) is 4.79 Å². The number of hydrogen-bond acceptors (Lipinski definition) is 3. The second-order valence-corrected chi connectivity index (χ2v) is 5.65. The van der Waals surface area contributed by atoms with E-state index in [-0.39, 0.29) is 11.9 Å². The Kier molecular flexibility index (Phi) is 7.94. The summed E-state index contributed by atoms with van der Waals surface area (Å²) in [5.74, 6) is 1.65. The second-order valence-electron chi connectivity index (χ2n) is 5.65. The molecule has 1 aromatic carbocycles. The summed E-state index contributed by atoms with van der Waals surface area (Å²) in [6, 6.07) is 8.10. The highest BCUT2D eigenvalue weighted by molar-refractivity contribution is 5.81. The van der Waals surface area contributed by atoms with E-state index >= 15 is 0 Å². The number of guanidine groups is 1. The zero-order valence-electron chi connectivity index (χ0n) is 14.7. The number of carbonyl (C=O) groups excluding carboxylic acids is 1. The SMILES string of the molecule is CN=C(NCCC(=O)NC(C)C)N(C)Cc1ccc(OC)cc1. The molecule has 0 aliphatic heterocycles. The van der Waals surface area contributed by atoms with Gasteiger partial charge in [-0.3, -0.25) is 9.79 Å². The van der Waals surface area contributed by atoms with Crippen LogP contribution in [-0.2, 0) is 11.3 Å². The molecule has 1 aromatic rings. The molecule has 1 rings (SSSR count). The predicted molar refractivity (Wildman–Crippen MR) is 93.7 cm³/mol. The van der Waals surface area contributed by atoms with Gasteiger partial charge in [0.25, 0.3) is 0 Å². The maximum atomic E-state index is 11.6. The number of methoxy groups -OCH3 is 1. The average molecular weight is 320 g/mol. The van der Waals surface area contributed by atoms with Gasteiger partial charge in [0.05, 0.1) is 7.11 Å². The summed E-state index contributed by atoms with van der Waals surface area (Å²) in [5.41, 5.74) is 1.16. The van der Waals surface area contributed by atoms with Crippen LogP contribution in [-0.4, -0.2) is 50.6 Å². The Bertz CT molecular complexity index is 512. The summed E-state index contributed by atoms with van der Waals surface area (Å²) in [6.45, 7) is 5.18. The van der Waals surface area contributed by atoms with Crippen molar-refractivity contribution < 1.29 is 9.53 Å². The molecule has 0 saturated heterocycles. The average Bonchev–Trinajstić information content (AvgIpc) is 2.51. The lowest BCUT2D eigenvalue weighted by atomic mass is 10.2. The highest BCUT2D eigenvalue weighted by atomic mass is 16.5. The van der Waals surface area contributed by atoms with Crippen LogP contribution in [0.1, 0.15) is 25.8 Å². The van der Waals surface area contributed by atoms with Gasteiger partial charge in [0.15, 0.2) is 5.96 Å². The van der Waals surface area contributed by atoms with Crippen molar-refractivity contribution in [2.75, 3.05) is 27.7 Å². The molecule has 128 valence electrons. The third kappa shape index (κ3) is 7.04. The molecule has 0 bridgehead atoms. The Labute approximate surface area is 138 Å². The van der Waals surface area contributed by atoms with Crippen molar-refractivity contribution in [3.05, 3.63) is 29.8 Å². The van der Waals surface area contributed by atoms with Gasteiger partial charge in [-0.25, -0.2) is 0 Å². The van der Waals surface area contributed by atoms with Gasteiger partial charge in [-0.1, -0.05) is 12.1 Å². The topological polar surface area (TPSA) is 66.0 Å². The number of hydrogen-bond donors (Lipinski definition) is 2. The van der Waals surface area contributed by atoms with Crippen molar-refractivity contribution in [2.45, 2.75) is 32.9 Å². The first-order chi connectivity index (χ1) is 11.0. The molecule has 0 spiro atoms. The normalized spacial score (nSPS) is 11.3. The monoisotopic (exact) mass is 320 g/mol. The molecule has 1 amide bonds. The van der Waals surface area contributed by atoms with Crippen LogP contribution in [0.2, 0.25) is 0 Å². The smallest absolute Gasteiger partial charge is 0.221 e. The third-order valence-corrected chi connectivity index (χ3v) is 3.24. The Morgan fingerprint density at radius 2 is 1.96 bits per heavy atom. The van der Waals surface area contributed by atoms with Gasteiger partial charge in [-0.2, -0.15) is 0 Å². The van der Waals surface area contributed by atoms with Crippen LogP contribution < -0.4 is 15.4 Å². The number of amides is 1. The van der Waals surface area contributed by atoms with Crippen LogP contribution in [0.4, 0.5) is 0 Å². The summed E-state index contributed by atoms with van der Waals surface area (Å²) in [4.78, 5) is 17.9. The first-order valence-corrected chi connectivity index (χ1v) is 7.80. The molecule has 6 heteroatoms. The molecular formula is C17H28N4O2. The van der Waals surface area contributed by atoms with E-state index < -0.39 is 0 Å². The zero-order chi connectivity index (χ0) is 17.2. The molecule has 0 aromatic heterocycles. The fourth-order valence-electron chi connectivity index (χ4n) is 2.15. The van der Waals surface area contributed by atoms with Crippen LogP contribution in [0.5, 0.6) is 5.75 Å². The van der Waals surface area contributed by atoms with Gasteiger partial charge in [0.2, 0.25) is 5.91 Å². The van der Waals surface area contributed by atoms with E-state index in [2.05, 4.69) is 15.6 Å². The first-order valence-electron chi connectivity index (χ1n) is 7.80. The molecule has 0 radical (unpaired) electrons. The molecule has 0 unspecified atom stereocenters. The number of nitrogens with zero attached hydrogens (tertiary/aromatic N) is 2. The fraction of sp³-hybridized carbons (Fsp3) is 0.529. The van der Waals surface area contributed by atoms with Gasteiger partial charge < -0.3 is 20.3 Å². The summed E-state index contributed by atoms with van der Waals surface area (Å²) in [6.07, 6.45) is 0.424. The minimum atomic E-state index is 0.0424. The minimum Gasteiger partial charge on any atom is -0.497 e. The molecule has 0 aliphatic rings. The van der Waals surface area contributed by atoms with Gasteiger partial charge >= 0.3 is 0 Å². The van der Waals surface area contributed by atoms with Crippen LogP contribution in [0.3, 0.4) is 0 Å². The number of benzene rings is 1. The molecular weight excluding hydrogens is 292 g/mol. The first kappa shape index (κ1) is 18.8. The minimum absolute atomic E-state index is 0.0424.